The Kier molecular flexibility index (Phi) is 6.97. The van der Waals surface area contributed by atoms with E-state index < -0.39 is 0 Å². The molecule has 19 heavy (non-hydrogen) atoms. The van der Waals surface area contributed by atoms with Gasteiger partial charge in [-0.3, -0.25) is 0 Å². The predicted molar refractivity (Wildman–Crippen MR) is 75.3 cm³/mol. The first kappa shape index (κ1) is 15.5. The van der Waals surface area contributed by atoms with Crippen molar-refractivity contribution in [2.75, 3.05) is 19.8 Å². The third kappa shape index (κ3) is 5.75. The number of nitrogens with one attached hydrogen (secondary N) is 1. The molecule has 0 fully saturated rings. The largest absolute Gasteiger partial charge is 0.482 e. The van der Waals surface area contributed by atoms with E-state index in [1.807, 2.05) is 19.1 Å². The molecule has 0 saturated carbocycles. The molecule has 0 aliphatic rings. The zero-order chi connectivity index (χ0) is 14.1. The van der Waals surface area contributed by atoms with E-state index in [1.165, 1.54) is 5.56 Å². The van der Waals surface area contributed by atoms with Gasteiger partial charge in [0.05, 0.1) is 6.61 Å². The van der Waals surface area contributed by atoms with Crippen LogP contribution in [0, 0.1) is 6.92 Å². The number of aryl methyl sites for hydroxylation is 1. The molecule has 0 aliphatic carbocycles. The van der Waals surface area contributed by atoms with Gasteiger partial charge in [0.1, 0.15) is 5.75 Å². The van der Waals surface area contributed by atoms with E-state index in [2.05, 4.69) is 18.3 Å². The van der Waals surface area contributed by atoms with Gasteiger partial charge in [-0.2, -0.15) is 0 Å². The van der Waals surface area contributed by atoms with Crippen LogP contribution in [0.4, 0.5) is 0 Å². The Hall–Kier alpha value is -1.55. The summed E-state index contributed by atoms with van der Waals surface area (Å²) in [5.74, 6) is 0.401. The maximum atomic E-state index is 11.3. The Labute approximate surface area is 115 Å². The van der Waals surface area contributed by atoms with E-state index in [4.69, 9.17) is 9.47 Å². The standard InChI is InChI=1S/C15H23NO3/c1-4-8-16-10-13-9-12(3)6-7-14(13)19-11-15(17)18-5-2/h6-7,9,16H,4-5,8,10-11H2,1-3H3. The topological polar surface area (TPSA) is 47.6 Å². The molecule has 0 atom stereocenters. The number of ether oxygens (including phenoxy) is 2. The van der Waals surface area contributed by atoms with Crippen LogP contribution in [0.5, 0.6) is 5.75 Å². The minimum absolute atomic E-state index is 0.0440. The van der Waals surface area contributed by atoms with E-state index in [1.54, 1.807) is 6.92 Å². The van der Waals surface area contributed by atoms with Gasteiger partial charge in [0, 0.05) is 12.1 Å². The Morgan fingerprint density at radius 1 is 1.32 bits per heavy atom. The van der Waals surface area contributed by atoms with Crippen molar-refractivity contribution in [2.24, 2.45) is 0 Å². The maximum Gasteiger partial charge on any atom is 0.344 e. The van der Waals surface area contributed by atoms with Gasteiger partial charge in [-0.15, -0.1) is 0 Å². The van der Waals surface area contributed by atoms with Crippen LogP contribution in [-0.2, 0) is 16.1 Å². The second-order valence-electron chi connectivity index (χ2n) is 4.38. The highest BCUT2D eigenvalue weighted by atomic mass is 16.6. The Balaban J connectivity index is 2.62. The van der Waals surface area contributed by atoms with Crippen LogP contribution in [-0.4, -0.2) is 25.7 Å². The minimum atomic E-state index is -0.337. The second kappa shape index (κ2) is 8.53. The van der Waals surface area contributed by atoms with Crippen molar-refractivity contribution < 1.29 is 14.3 Å². The fraction of sp³-hybridized carbons (Fsp3) is 0.533. The highest BCUT2D eigenvalue weighted by molar-refractivity contribution is 5.71. The van der Waals surface area contributed by atoms with Crippen LogP contribution < -0.4 is 10.1 Å². The summed E-state index contributed by atoms with van der Waals surface area (Å²) in [7, 11) is 0. The summed E-state index contributed by atoms with van der Waals surface area (Å²) in [5.41, 5.74) is 2.24. The van der Waals surface area contributed by atoms with Gasteiger partial charge in [-0.05, 0) is 32.9 Å². The van der Waals surface area contributed by atoms with Crippen molar-refractivity contribution in [1.29, 1.82) is 0 Å². The monoisotopic (exact) mass is 265 g/mol. The van der Waals surface area contributed by atoms with Crippen molar-refractivity contribution in [3.05, 3.63) is 29.3 Å². The average molecular weight is 265 g/mol. The van der Waals surface area contributed by atoms with Gasteiger partial charge >= 0.3 is 5.97 Å². The Morgan fingerprint density at radius 2 is 2.11 bits per heavy atom. The average Bonchev–Trinajstić information content (AvgIpc) is 2.38. The van der Waals surface area contributed by atoms with Gasteiger partial charge in [-0.1, -0.05) is 24.6 Å². The maximum absolute atomic E-state index is 11.3. The van der Waals surface area contributed by atoms with Crippen molar-refractivity contribution >= 4 is 5.97 Å². The molecule has 0 bridgehead atoms. The van der Waals surface area contributed by atoms with Gasteiger partial charge in [0.25, 0.3) is 0 Å². The lowest BCUT2D eigenvalue weighted by molar-refractivity contribution is -0.145. The Bertz CT molecular complexity index is 404. The summed E-state index contributed by atoms with van der Waals surface area (Å²) in [6, 6.07) is 5.95. The first-order valence-electron chi connectivity index (χ1n) is 6.76. The van der Waals surface area contributed by atoms with Crippen LogP contribution in [0.15, 0.2) is 18.2 Å². The van der Waals surface area contributed by atoms with Crippen LogP contribution in [0.3, 0.4) is 0 Å². The zero-order valence-electron chi connectivity index (χ0n) is 12.0. The van der Waals surface area contributed by atoms with Crippen molar-refractivity contribution in [3.8, 4) is 5.75 Å². The van der Waals surface area contributed by atoms with Gasteiger partial charge in [-0.25, -0.2) is 4.79 Å². The third-order valence-corrected chi connectivity index (χ3v) is 2.61. The summed E-state index contributed by atoms with van der Waals surface area (Å²) in [5, 5.41) is 3.34. The van der Waals surface area contributed by atoms with Crippen LogP contribution in [0.2, 0.25) is 0 Å². The lowest BCUT2D eigenvalue weighted by Crippen LogP contribution is -2.18. The predicted octanol–water partition coefficient (Wildman–Crippen LogP) is 2.44. The molecule has 1 aromatic carbocycles. The van der Waals surface area contributed by atoms with Crippen LogP contribution in [0.1, 0.15) is 31.4 Å². The third-order valence-electron chi connectivity index (χ3n) is 2.61. The quantitative estimate of drug-likeness (QED) is 0.579. The molecule has 0 aromatic heterocycles. The molecule has 4 nitrogen and oxygen atoms in total. The van der Waals surface area contributed by atoms with Gasteiger partial charge in [0.2, 0.25) is 0 Å². The molecule has 1 N–H and O–H groups in total. The SMILES string of the molecule is CCCNCc1cc(C)ccc1OCC(=O)OCC. The first-order valence-corrected chi connectivity index (χ1v) is 6.76. The second-order valence-corrected chi connectivity index (χ2v) is 4.38. The number of carbonyl (C=O) groups excluding carboxylic acids is 1. The number of hydrogen-bond donors (Lipinski definition) is 1. The summed E-state index contributed by atoms with van der Waals surface area (Å²) in [6.07, 6.45) is 1.09. The first-order chi connectivity index (χ1) is 9.17. The van der Waals surface area contributed by atoms with E-state index in [9.17, 15) is 4.79 Å². The summed E-state index contributed by atoms with van der Waals surface area (Å²) in [6.45, 7) is 7.99. The lowest BCUT2D eigenvalue weighted by Gasteiger charge is -2.12. The molecule has 0 saturated heterocycles. The molecular weight excluding hydrogens is 242 g/mol. The zero-order valence-corrected chi connectivity index (χ0v) is 12.0. The molecule has 4 heteroatoms. The lowest BCUT2D eigenvalue weighted by atomic mass is 10.1. The van der Waals surface area contributed by atoms with E-state index >= 15 is 0 Å². The normalized spacial score (nSPS) is 10.3. The molecule has 0 radical (unpaired) electrons. The number of hydrogen-bond acceptors (Lipinski definition) is 4. The van der Waals surface area contributed by atoms with E-state index in [0.717, 1.165) is 30.8 Å². The summed E-state index contributed by atoms with van der Waals surface area (Å²) < 4.78 is 10.4. The number of esters is 1. The Morgan fingerprint density at radius 3 is 2.79 bits per heavy atom. The summed E-state index contributed by atoms with van der Waals surface area (Å²) in [4.78, 5) is 11.3. The molecule has 0 amide bonds. The highest BCUT2D eigenvalue weighted by Gasteiger charge is 2.07. The van der Waals surface area contributed by atoms with Crippen LogP contribution >= 0.6 is 0 Å². The number of benzene rings is 1. The molecular formula is C15H23NO3. The van der Waals surface area contributed by atoms with E-state index in [-0.39, 0.29) is 12.6 Å². The fourth-order valence-corrected chi connectivity index (χ4v) is 1.73. The molecule has 0 aliphatic heterocycles. The molecule has 0 heterocycles. The minimum Gasteiger partial charge on any atom is -0.482 e. The fourth-order valence-electron chi connectivity index (χ4n) is 1.73. The molecule has 0 unspecified atom stereocenters. The molecule has 1 rings (SSSR count). The smallest absolute Gasteiger partial charge is 0.344 e. The van der Waals surface area contributed by atoms with Crippen LogP contribution in [0.25, 0.3) is 0 Å². The molecule has 0 spiro atoms. The molecule has 106 valence electrons. The number of carbonyl (C=O) groups is 1. The van der Waals surface area contributed by atoms with Crippen molar-refractivity contribution in [3.63, 3.8) is 0 Å². The number of rotatable bonds is 8. The van der Waals surface area contributed by atoms with Gasteiger partial charge < -0.3 is 14.8 Å². The van der Waals surface area contributed by atoms with E-state index in [0.29, 0.717) is 6.61 Å². The highest BCUT2D eigenvalue weighted by Crippen LogP contribution is 2.20. The van der Waals surface area contributed by atoms with Gasteiger partial charge in [0.15, 0.2) is 6.61 Å². The van der Waals surface area contributed by atoms with Crippen molar-refractivity contribution in [1.82, 2.24) is 5.32 Å². The summed E-state index contributed by atoms with van der Waals surface area (Å²) >= 11 is 0. The van der Waals surface area contributed by atoms with Crippen molar-refractivity contribution in [2.45, 2.75) is 33.7 Å². The molecule has 1 aromatic rings.